The van der Waals surface area contributed by atoms with Crippen molar-refractivity contribution in [1.82, 2.24) is 0 Å². The van der Waals surface area contributed by atoms with E-state index in [1.54, 1.807) is 13.2 Å². The van der Waals surface area contributed by atoms with E-state index >= 15 is 0 Å². The van der Waals surface area contributed by atoms with E-state index in [0.717, 1.165) is 23.2 Å². The highest BCUT2D eigenvalue weighted by Crippen LogP contribution is 2.29. The lowest BCUT2D eigenvalue weighted by atomic mass is 10.1. The van der Waals surface area contributed by atoms with Crippen LogP contribution < -0.4 is 14.8 Å². The van der Waals surface area contributed by atoms with Crippen LogP contribution in [0.15, 0.2) is 72.8 Å². The number of benzene rings is 3. The van der Waals surface area contributed by atoms with E-state index in [4.69, 9.17) is 21.1 Å². The van der Waals surface area contributed by atoms with Crippen LogP contribution in [0.5, 0.6) is 11.5 Å². The fourth-order valence-corrected chi connectivity index (χ4v) is 2.95. The van der Waals surface area contributed by atoms with E-state index in [9.17, 15) is 4.79 Å². The van der Waals surface area contributed by atoms with Crippen molar-refractivity contribution in [3.63, 3.8) is 0 Å². The molecule has 0 radical (unpaired) electrons. The summed E-state index contributed by atoms with van der Waals surface area (Å²) in [7, 11) is 1.59. The standard InChI is InChI=1S/C25H24ClNO3/c1-3-18-6-12-22(13-7-18)27-25(28)15-9-19-8-14-23(24(16-19)29-2)30-17-20-4-10-21(26)11-5-20/h4-16H,3,17H2,1-2H3,(H,27,28)/b15-9+. The first-order chi connectivity index (χ1) is 14.6. The van der Waals surface area contributed by atoms with Crippen molar-refractivity contribution >= 4 is 29.3 Å². The molecule has 0 aliphatic carbocycles. The van der Waals surface area contributed by atoms with E-state index in [1.165, 1.54) is 11.6 Å². The average molecular weight is 422 g/mol. The average Bonchev–Trinajstić information content (AvgIpc) is 2.78. The summed E-state index contributed by atoms with van der Waals surface area (Å²) in [5.41, 5.74) is 3.84. The second-order valence-corrected chi connectivity index (χ2v) is 7.13. The van der Waals surface area contributed by atoms with E-state index < -0.39 is 0 Å². The first-order valence-electron chi connectivity index (χ1n) is 9.70. The second kappa shape index (κ2) is 10.5. The van der Waals surface area contributed by atoms with Gasteiger partial charge in [0, 0.05) is 16.8 Å². The summed E-state index contributed by atoms with van der Waals surface area (Å²) in [6.45, 7) is 2.50. The molecule has 0 spiro atoms. The zero-order valence-corrected chi connectivity index (χ0v) is 17.8. The van der Waals surface area contributed by atoms with Gasteiger partial charge in [-0.25, -0.2) is 0 Å². The fraction of sp³-hybridized carbons (Fsp3) is 0.160. The van der Waals surface area contributed by atoms with Gasteiger partial charge in [0.15, 0.2) is 11.5 Å². The van der Waals surface area contributed by atoms with Gasteiger partial charge in [-0.1, -0.05) is 48.9 Å². The summed E-state index contributed by atoms with van der Waals surface area (Å²) in [6.07, 6.45) is 4.20. The molecular weight excluding hydrogens is 398 g/mol. The molecular formula is C25H24ClNO3. The molecule has 0 heterocycles. The molecule has 5 heteroatoms. The van der Waals surface area contributed by atoms with Crippen molar-refractivity contribution in [1.29, 1.82) is 0 Å². The minimum Gasteiger partial charge on any atom is -0.493 e. The number of halogens is 1. The normalized spacial score (nSPS) is 10.8. The number of amides is 1. The minimum absolute atomic E-state index is 0.193. The third kappa shape index (κ3) is 6.13. The number of anilines is 1. The number of ether oxygens (including phenoxy) is 2. The minimum atomic E-state index is -0.193. The van der Waals surface area contributed by atoms with Crippen molar-refractivity contribution in [3.8, 4) is 11.5 Å². The maximum atomic E-state index is 12.2. The smallest absolute Gasteiger partial charge is 0.248 e. The first kappa shape index (κ1) is 21.5. The van der Waals surface area contributed by atoms with E-state index in [0.29, 0.717) is 23.1 Å². The Balaban J connectivity index is 1.61. The molecule has 0 saturated heterocycles. The highest BCUT2D eigenvalue weighted by molar-refractivity contribution is 6.30. The predicted octanol–water partition coefficient (Wildman–Crippen LogP) is 6.14. The number of nitrogens with one attached hydrogen (secondary N) is 1. The van der Waals surface area contributed by atoms with Gasteiger partial charge in [-0.05, 0) is 65.6 Å². The topological polar surface area (TPSA) is 47.6 Å². The number of hydrogen-bond donors (Lipinski definition) is 1. The molecule has 0 bridgehead atoms. The summed E-state index contributed by atoms with van der Waals surface area (Å²) in [5, 5.41) is 3.54. The Kier molecular flexibility index (Phi) is 7.52. The van der Waals surface area contributed by atoms with Crippen LogP contribution in [0.2, 0.25) is 5.02 Å². The molecule has 3 aromatic carbocycles. The Morgan fingerprint density at radius 2 is 1.67 bits per heavy atom. The highest BCUT2D eigenvalue weighted by atomic mass is 35.5. The van der Waals surface area contributed by atoms with Gasteiger partial charge >= 0.3 is 0 Å². The van der Waals surface area contributed by atoms with E-state index in [2.05, 4.69) is 12.2 Å². The van der Waals surface area contributed by atoms with Gasteiger partial charge in [-0.3, -0.25) is 4.79 Å². The van der Waals surface area contributed by atoms with Crippen molar-refractivity contribution in [2.75, 3.05) is 12.4 Å². The maximum Gasteiger partial charge on any atom is 0.248 e. The third-order valence-corrected chi connectivity index (χ3v) is 4.80. The molecule has 0 unspecified atom stereocenters. The molecule has 0 atom stereocenters. The van der Waals surface area contributed by atoms with E-state index in [1.807, 2.05) is 66.7 Å². The molecule has 3 aromatic rings. The fourth-order valence-electron chi connectivity index (χ4n) is 2.83. The molecule has 0 aliphatic heterocycles. The molecule has 0 aromatic heterocycles. The van der Waals surface area contributed by atoms with E-state index in [-0.39, 0.29) is 5.91 Å². The van der Waals surface area contributed by atoms with Crippen molar-refractivity contribution in [2.24, 2.45) is 0 Å². The highest BCUT2D eigenvalue weighted by Gasteiger charge is 2.06. The van der Waals surface area contributed by atoms with Crippen LogP contribution in [0.1, 0.15) is 23.6 Å². The molecule has 1 N–H and O–H groups in total. The Labute approximate surface area is 182 Å². The van der Waals surface area contributed by atoms with Crippen LogP contribution >= 0.6 is 11.6 Å². The SMILES string of the molecule is CCc1ccc(NC(=O)/C=C/c2ccc(OCc3ccc(Cl)cc3)c(OC)c2)cc1. The molecule has 1 amide bonds. The number of hydrogen-bond acceptors (Lipinski definition) is 3. The number of rotatable bonds is 8. The van der Waals surface area contributed by atoms with Crippen LogP contribution in [0.4, 0.5) is 5.69 Å². The summed E-state index contributed by atoms with van der Waals surface area (Å²) in [4.78, 5) is 12.2. The summed E-state index contributed by atoms with van der Waals surface area (Å²) < 4.78 is 11.3. The lowest BCUT2D eigenvalue weighted by molar-refractivity contribution is -0.111. The molecule has 30 heavy (non-hydrogen) atoms. The van der Waals surface area contributed by atoms with Gasteiger partial charge in [-0.15, -0.1) is 0 Å². The molecule has 3 rings (SSSR count). The largest absolute Gasteiger partial charge is 0.493 e. The molecule has 0 fully saturated rings. The first-order valence-corrected chi connectivity index (χ1v) is 10.1. The summed E-state index contributed by atoms with van der Waals surface area (Å²) in [6, 6.07) is 20.8. The van der Waals surface area contributed by atoms with Crippen LogP contribution in [-0.2, 0) is 17.8 Å². The third-order valence-electron chi connectivity index (χ3n) is 4.55. The Bertz CT molecular complexity index is 1010. The van der Waals surface area contributed by atoms with Crippen LogP contribution in [-0.4, -0.2) is 13.0 Å². The van der Waals surface area contributed by atoms with Gasteiger partial charge < -0.3 is 14.8 Å². The Hall–Kier alpha value is -3.24. The monoisotopic (exact) mass is 421 g/mol. The van der Waals surface area contributed by atoms with Crippen molar-refractivity contribution < 1.29 is 14.3 Å². The predicted molar refractivity (Wildman–Crippen MR) is 122 cm³/mol. The second-order valence-electron chi connectivity index (χ2n) is 6.70. The Morgan fingerprint density at radius 3 is 2.33 bits per heavy atom. The van der Waals surface area contributed by atoms with Crippen LogP contribution in [0.25, 0.3) is 6.08 Å². The van der Waals surface area contributed by atoms with Crippen LogP contribution in [0.3, 0.4) is 0 Å². The van der Waals surface area contributed by atoms with Crippen molar-refractivity contribution in [3.05, 3.63) is 94.5 Å². The van der Waals surface area contributed by atoms with Crippen LogP contribution in [0, 0.1) is 0 Å². The maximum absolute atomic E-state index is 12.2. The van der Waals surface area contributed by atoms with Gasteiger partial charge in [0.1, 0.15) is 6.61 Å². The zero-order chi connectivity index (χ0) is 21.3. The molecule has 154 valence electrons. The van der Waals surface area contributed by atoms with Gasteiger partial charge in [-0.2, -0.15) is 0 Å². The van der Waals surface area contributed by atoms with Gasteiger partial charge in [0.25, 0.3) is 0 Å². The van der Waals surface area contributed by atoms with Gasteiger partial charge in [0.05, 0.1) is 7.11 Å². The molecule has 4 nitrogen and oxygen atoms in total. The number of aryl methyl sites for hydroxylation is 1. The van der Waals surface area contributed by atoms with Crippen molar-refractivity contribution in [2.45, 2.75) is 20.0 Å². The lowest BCUT2D eigenvalue weighted by Crippen LogP contribution is -2.07. The number of carbonyl (C=O) groups excluding carboxylic acids is 1. The number of carbonyl (C=O) groups is 1. The quantitative estimate of drug-likeness (QED) is 0.444. The summed E-state index contributed by atoms with van der Waals surface area (Å²) in [5.74, 6) is 1.04. The lowest BCUT2D eigenvalue weighted by Gasteiger charge is -2.11. The number of methoxy groups -OCH3 is 1. The Morgan fingerprint density at radius 1 is 0.967 bits per heavy atom. The molecule has 0 aliphatic rings. The molecule has 0 saturated carbocycles. The summed E-state index contributed by atoms with van der Waals surface area (Å²) >= 11 is 5.91. The zero-order valence-electron chi connectivity index (χ0n) is 17.0. The van der Waals surface area contributed by atoms with Gasteiger partial charge in [0.2, 0.25) is 5.91 Å².